The fraction of sp³-hybridized carbons (Fsp3) is 0. The zero-order valence-corrected chi connectivity index (χ0v) is 25.4. The number of rotatable bonds is 7. The van der Waals surface area contributed by atoms with E-state index in [-0.39, 0.29) is 11.6 Å². The third-order valence-electron chi connectivity index (χ3n) is 7.76. The molecule has 0 saturated heterocycles. The van der Waals surface area contributed by atoms with Crippen LogP contribution in [0.15, 0.2) is 158 Å². The Labute approximate surface area is 265 Å². The van der Waals surface area contributed by atoms with Crippen molar-refractivity contribution in [2.24, 2.45) is 0 Å². The van der Waals surface area contributed by atoms with Gasteiger partial charge >= 0.3 is 0 Å². The number of hydrogen-bond acceptors (Lipinski definition) is 4. The molecule has 7 aromatic rings. The molecule has 1 heterocycles. The maximum atomic E-state index is 14.8. The molecule has 0 spiro atoms. The molecule has 7 rings (SSSR count). The fourth-order valence-electron chi connectivity index (χ4n) is 5.39. The van der Waals surface area contributed by atoms with Gasteiger partial charge in [-0.1, -0.05) is 103 Å². The molecule has 222 valence electrons. The van der Waals surface area contributed by atoms with Gasteiger partial charge < -0.3 is 4.57 Å². The van der Waals surface area contributed by atoms with Crippen LogP contribution in [-0.4, -0.2) is 15.0 Å². The van der Waals surface area contributed by atoms with Gasteiger partial charge in [-0.15, -0.1) is 0 Å². The van der Waals surface area contributed by atoms with Crippen LogP contribution in [0.25, 0.3) is 45.3 Å². The summed E-state index contributed by atoms with van der Waals surface area (Å²) in [7, 11) is -3.10. The molecule has 0 amide bonds. The number of nitrogens with zero attached hydrogens (tertiary/aromatic N) is 3. The molecular weight excluding hydrogens is 595 g/mol. The Hall–Kier alpha value is -5.58. The van der Waals surface area contributed by atoms with Crippen LogP contribution in [0.5, 0.6) is 0 Å². The Bertz CT molecular complexity index is 2070. The Morgan fingerprint density at radius 1 is 0.370 bits per heavy atom. The van der Waals surface area contributed by atoms with E-state index in [0.29, 0.717) is 28.6 Å². The maximum absolute atomic E-state index is 14.8. The van der Waals surface area contributed by atoms with Crippen LogP contribution in [0.3, 0.4) is 0 Å². The van der Waals surface area contributed by atoms with Crippen LogP contribution in [-0.2, 0) is 4.57 Å². The number of hydrogen-bond donors (Lipinski definition) is 0. The summed E-state index contributed by atoms with van der Waals surface area (Å²) >= 11 is 0. The SMILES string of the molecule is O=P(c1ccccc1)(c1ccccc1)c1ccc(-c2cccc(-c3nc(-c4ccc(F)cc4)nc(-c4ccc(F)cc4)n3)c2)cc1. The zero-order valence-electron chi connectivity index (χ0n) is 24.5. The predicted molar refractivity (Wildman–Crippen MR) is 181 cm³/mol. The molecule has 0 unspecified atom stereocenters. The van der Waals surface area contributed by atoms with Crippen molar-refractivity contribution in [2.45, 2.75) is 0 Å². The molecule has 0 fully saturated rings. The normalized spacial score (nSPS) is 11.3. The van der Waals surface area contributed by atoms with Gasteiger partial charge in [0.05, 0.1) is 0 Å². The molecule has 0 N–H and O–H groups in total. The van der Waals surface area contributed by atoms with Gasteiger partial charge in [-0.25, -0.2) is 23.7 Å². The Balaban J connectivity index is 1.28. The third kappa shape index (κ3) is 5.79. The minimum atomic E-state index is -3.10. The van der Waals surface area contributed by atoms with Crippen molar-refractivity contribution in [3.05, 3.63) is 169 Å². The van der Waals surface area contributed by atoms with Crippen molar-refractivity contribution < 1.29 is 13.3 Å². The first-order chi connectivity index (χ1) is 22.5. The van der Waals surface area contributed by atoms with Gasteiger partial charge in [0.15, 0.2) is 24.6 Å². The standard InChI is InChI=1S/C39H26F2N3OP/c40-32-20-14-28(15-21-32)37-42-38(29-16-22-33(41)23-17-29)44-39(43-37)31-9-7-8-30(26-31)27-18-24-36(25-19-27)46(45,34-10-3-1-4-11-34)35-12-5-2-6-13-35/h1-26H. The molecule has 6 aromatic carbocycles. The molecule has 0 bridgehead atoms. The van der Waals surface area contributed by atoms with Crippen molar-refractivity contribution in [1.82, 2.24) is 15.0 Å². The van der Waals surface area contributed by atoms with E-state index in [1.807, 2.05) is 109 Å². The summed E-state index contributed by atoms with van der Waals surface area (Å²) in [6, 6.07) is 46.7. The quantitative estimate of drug-likeness (QED) is 0.168. The first kappa shape index (κ1) is 29.1. The van der Waals surface area contributed by atoms with Crippen LogP contribution < -0.4 is 15.9 Å². The van der Waals surface area contributed by atoms with E-state index < -0.39 is 7.14 Å². The lowest BCUT2D eigenvalue weighted by Gasteiger charge is -2.20. The topological polar surface area (TPSA) is 55.7 Å². The average molecular weight is 622 g/mol. The predicted octanol–water partition coefficient (Wildman–Crippen LogP) is 8.46. The molecular formula is C39H26F2N3OP. The smallest absolute Gasteiger partial charge is 0.171 e. The van der Waals surface area contributed by atoms with Crippen molar-refractivity contribution in [3.63, 3.8) is 0 Å². The molecule has 7 heteroatoms. The minimum Gasteiger partial charge on any atom is -0.309 e. The lowest BCUT2D eigenvalue weighted by Crippen LogP contribution is -2.24. The van der Waals surface area contributed by atoms with Gasteiger partial charge in [0.25, 0.3) is 0 Å². The van der Waals surface area contributed by atoms with Gasteiger partial charge in [-0.2, -0.15) is 0 Å². The first-order valence-corrected chi connectivity index (χ1v) is 16.4. The van der Waals surface area contributed by atoms with E-state index >= 15 is 0 Å². The van der Waals surface area contributed by atoms with Crippen molar-refractivity contribution in [1.29, 1.82) is 0 Å². The van der Waals surface area contributed by atoms with Gasteiger partial charge in [-0.3, -0.25) is 0 Å². The van der Waals surface area contributed by atoms with Crippen molar-refractivity contribution >= 4 is 23.1 Å². The van der Waals surface area contributed by atoms with Gasteiger partial charge in [0, 0.05) is 32.6 Å². The van der Waals surface area contributed by atoms with E-state index in [9.17, 15) is 13.3 Å². The molecule has 46 heavy (non-hydrogen) atoms. The van der Waals surface area contributed by atoms with Crippen LogP contribution in [0, 0.1) is 11.6 Å². The Morgan fingerprint density at radius 3 is 1.24 bits per heavy atom. The highest BCUT2D eigenvalue weighted by Crippen LogP contribution is 2.42. The minimum absolute atomic E-state index is 0.362. The van der Waals surface area contributed by atoms with Crippen LogP contribution >= 0.6 is 7.14 Å². The van der Waals surface area contributed by atoms with E-state index in [2.05, 4.69) is 4.98 Å². The van der Waals surface area contributed by atoms with Gasteiger partial charge in [-0.05, 0) is 65.7 Å². The second kappa shape index (κ2) is 12.4. The van der Waals surface area contributed by atoms with E-state index in [1.54, 1.807) is 24.3 Å². The summed E-state index contributed by atoms with van der Waals surface area (Å²) in [5.74, 6) is 0.442. The second-order valence-electron chi connectivity index (χ2n) is 10.7. The molecule has 4 nitrogen and oxygen atoms in total. The van der Waals surface area contributed by atoms with Crippen LogP contribution in [0.2, 0.25) is 0 Å². The monoisotopic (exact) mass is 621 g/mol. The highest BCUT2D eigenvalue weighted by atomic mass is 31.2. The summed E-state index contributed by atoms with van der Waals surface area (Å²) in [4.78, 5) is 14.1. The van der Waals surface area contributed by atoms with Crippen LogP contribution in [0.4, 0.5) is 8.78 Å². The van der Waals surface area contributed by atoms with Crippen LogP contribution in [0.1, 0.15) is 0 Å². The maximum Gasteiger partial charge on any atom is 0.171 e. The highest BCUT2D eigenvalue weighted by molar-refractivity contribution is 7.85. The summed E-state index contributed by atoms with van der Waals surface area (Å²) in [6.45, 7) is 0. The molecule has 1 aromatic heterocycles. The molecule has 0 saturated carbocycles. The zero-order chi connectivity index (χ0) is 31.5. The Morgan fingerprint density at radius 2 is 0.761 bits per heavy atom. The second-order valence-corrected chi connectivity index (χ2v) is 13.5. The van der Waals surface area contributed by atoms with Crippen molar-refractivity contribution in [3.8, 4) is 45.3 Å². The largest absolute Gasteiger partial charge is 0.309 e. The van der Waals surface area contributed by atoms with E-state index in [1.165, 1.54) is 24.3 Å². The van der Waals surface area contributed by atoms with E-state index in [0.717, 1.165) is 32.6 Å². The van der Waals surface area contributed by atoms with Gasteiger partial charge in [0.2, 0.25) is 0 Å². The lowest BCUT2D eigenvalue weighted by atomic mass is 10.0. The fourth-order valence-corrected chi connectivity index (χ4v) is 8.03. The number of halogens is 2. The van der Waals surface area contributed by atoms with Crippen molar-refractivity contribution in [2.75, 3.05) is 0 Å². The molecule has 0 radical (unpaired) electrons. The lowest BCUT2D eigenvalue weighted by molar-refractivity contribution is 0.592. The highest BCUT2D eigenvalue weighted by Gasteiger charge is 2.29. The average Bonchev–Trinajstić information content (AvgIpc) is 3.12. The number of aromatic nitrogens is 3. The van der Waals surface area contributed by atoms with Gasteiger partial charge in [0.1, 0.15) is 11.6 Å². The molecule has 0 aliphatic carbocycles. The van der Waals surface area contributed by atoms with E-state index in [4.69, 9.17) is 9.97 Å². The molecule has 0 aliphatic heterocycles. The summed E-state index contributed by atoms with van der Waals surface area (Å²) in [5, 5.41) is 2.30. The third-order valence-corrected chi connectivity index (χ3v) is 10.8. The summed E-state index contributed by atoms with van der Waals surface area (Å²) in [6.07, 6.45) is 0. The molecule has 0 atom stereocenters. The summed E-state index contributed by atoms with van der Waals surface area (Å²) < 4.78 is 42.2. The first-order valence-electron chi connectivity index (χ1n) is 14.7. The summed E-state index contributed by atoms with van der Waals surface area (Å²) in [5.41, 5.74) is 3.85. The molecule has 0 aliphatic rings. The Kier molecular flexibility index (Phi) is 7.88. The number of benzene rings is 6.